The summed E-state index contributed by atoms with van der Waals surface area (Å²) < 4.78 is 35.1. The highest BCUT2D eigenvalue weighted by molar-refractivity contribution is 5.87. The summed E-state index contributed by atoms with van der Waals surface area (Å²) in [7, 11) is 0. The summed E-state index contributed by atoms with van der Waals surface area (Å²) in [6.07, 6.45) is -0.870. The van der Waals surface area contributed by atoms with E-state index in [9.17, 15) is 13.2 Å². The number of aliphatic imine (C=N–C) groups is 1. The summed E-state index contributed by atoms with van der Waals surface area (Å²) in [6, 6.07) is 0. The zero-order valence-electron chi connectivity index (χ0n) is 6.44. The fourth-order valence-electron chi connectivity index (χ4n) is 0.343. The number of nitrogens with zero attached hydrogens (tertiary/aromatic N) is 1. The van der Waals surface area contributed by atoms with Crippen LogP contribution in [0.15, 0.2) is 17.3 Å². The molecule has 0 aromatic carbocycles. The molecule has 0 radical (unpaired) electrons. The quantitative estimate of drug-likeness (QED) is 0.558. The molecule has 0 aliphatic carbocycles. The zero-order valence-corrected chi connectivity index (χ0v) is 6.44. The van der Waals surface area contributed by atoms with E-state index in [1.165, 1.54) is 6.20 Å². The van der Waals surface area contributed by atoms with Gasteiger partial charge in [-0.15, -0.1) is 0 Å². The molecule has 4 heteroatoms. The van der Waals surface area contributed by atoms with Crippen LogP contribution in [0.3, 0.4) is 0 Å². The Morgan fingerprint density at radius 3 is 2.36 bits per heavy atom. The summed E-state index contributed by atoms with van der Waals surface area (Å²) in [4.78, 5) is 3.20. The molecule has 0 aromatic rings. The van der Waals surface area contributed by atoms with Gasteiger partial charge in [0, 0.05) is 6.20 Å². The molecule has 0 atom stereocenters. The van der Waals surface area contributed by atoms with Crippen molar-refractivity contribution >= 4 is 5.71 Å². The molecule has 0 aliphatic rings. The molecule has 0 heterocycles. The van der Waals surface area contributed by atoms with Crippen LogP contribution in [0, 0.1) is 0 Å². The Morgan fingerprint density at radius 1 is 1.45 bits per heavy atom. The first-order valence-electron chi connectivity index (χ1n) is 3.25. The lowest BCUT2D eigenvalue weighted by Gasteiger charge is -2.02. The lowest BCUT2D eigenvalue weighted by atomic mass is 10.4. The molecule has 0 N–H and O–H groups in total. The summed E-state index contributed by atoms with van der Waals surface area (Å²) >= 11 is 0. The van der Waals surface area contributed by atoms with Crippen molar-refractivity contribution in [3.05, 3.63) is 12.3 Å². The molecule has 0 saturated carbocycles. The van der Waals surface area contributed by atoms with E-state index in [2.05, 4.69) is 4.99 Å². The van der Waals surface area contributed by atoms with Crippen LogP contribution < -0.4 is 0 Å². The Morgan fingerprint density at radius 2 is 2.00 bits per heavy atom. The molecule has 0 fully saturated rings. The van der Waals surface area contributed by atoms with Crippen LogP contribution in [0.2, 0.25) is 0 Å². The number of hydrogen-bond acceptors (Lipinski definition) is 1. The summed E-state index contributed by atoms with van der Waals surface area (Å²) in [6.45, 7) is 2.77. The second-order valence-electron chi connectivity index (χ2n) is 2.01. The molecule has 0 aliphatic heterocycles. The Labute approximate surface area is 63.6 Å². The number of alkyl halides is 3. The van der Waals surface area contributed by atoms with E-state index in [4.69, 9.17) is 0 Å². The van der Waals surface area contributed by atoms with Gasteiger partial charge in [-0.1, -0.05) is 13.0 Å². The molecule has 0 unspecified atom stereocenters. The average Bonchev–Trinajstić information content (AvgIpc) is 1.86. The van der Waals surface area contributed by atoms with Crippen molar-refractivity contribution < 1.29 is 13.2 Å². The van der Waals surface area contributed by atoms with Gasteiger partial charge < -0.3 is 0 Å². The topological polar surface area (TPSA) is 12.4 Å². The summed E-state index contributed by atoms with van der Waals surface area (Å²) in [5.74, 6) is 0. The maximum atomic E-state index is 11.7. The number of halogens is 3. The zero-order chi connectivity index (χ0) is 8.91. The maximum absolute atomic E-state index is 11.7. The van der Waals surface area contributed by atoms with Gasteiger partial charge in [-0.2, -0.15) is 13.2 Å². The largest absolute Gasteiger partial charge is 0.429 e. The van der Waals surface area contributed by atoms with Crippen LogP contribution in [0.1, 0.15) is 20.3 Å². The van der Waals surface area contributed by atoms with Gasteiger partial charge in [0.2, 0.25) is 0 Å². The SMILES string of the molecule is CC/C=C\N=C(/C)C(F)(F)F. The molecular formula is C7H10F3N. The fourth-order valence-corrected chi connectivity index (χ4v) is 0.343. The van der Waals surface area contributed by atoms with Crippen molar-refractivity contribution in [1.82, 2.24) is 0 Å². The summed E-state index contributed by atoms with van der Waals surface area (Å²) in [5.41, 5.74) is -0.817. The molecule has 11 heavy (non-hydrogen) atoms. The first kappa shape index (κ1) is 10.2. The van der Waals surface area contributed by atoms with Crippen LogP contribution >= 0.6 is 0 Å². The van der Waals surface area contributed by atoms with Crippen molar-refractivity contribution in [3.8, 4) is 0 Å². The van der Waals surface area contributed by atoms with Gasteiger partial charge in [0.25, 0.3) is 0 Å². The van der Waals surface area contributed by atoms with Crippen molar-refractivity contribution in [3.63, 3.8) is 0 Å². The van der Waals surface area contributed by atoms with Crippen LogP contribution in [-0.4, -0.2) is 11.9 Å². The number of rotatable bonds is 2. The molecular weight excluding hydrogens is 155 g/mol. The van der Waals surface area contributed by atoms with Gasteiger partial charge in [-0.3, -0.25) is 4.99 Å². The lowest BCUT2D eigenvalue weighted by Crippen LogP contribution is -2.18. The van der Waals surface area contributed by atoms with Crippen LogP contribution in [0.4, 0.5) is 13.2 Å². The predicted molar refractivity (Wildman–Crippen MR) is 38.6 cm³/mol. The second kappa shape index (κ2) is 4.16. The van der Waals surface area contributed by atoms with Crippen molar-refractivity contribution in [2.75, 3.05) is 0 Å². The molecule has 1 nitrogen and oxygen atoms in total. The Bertz CT molecular complexity index is 167. The highest BCUT2D eigenvalue weighted by Crippen LogP contribution is 2.16. The second-order valence-corrected chi connectivity index (χ2v) is 2.01. The van der Waals surface area contributed by atoms with Gasteiger partial charge >= 0.3 is 6.18 Å². The third-order valence-corrected chi connectivity index (χ3v) is 1.02. The molecule has 0 spiro atoms. The first-order chi connectivity index (χ1) is 4.98. The molecule has 0 rings (SSSR count). The minimum atomic E-state index is -4.29. The number of allylic oxidation sites excluding steroid dienone is 1. The van der Waals surface area contributed by atoms with Gasteiger partial charge in [-0.25, -0.2) is 0 Å². The monoisotopic (exact) mass is 165 g/mol. The Hall–Kier alpha value is -0.800. The van der Waals surface area contributed by atoms with Crippen molar-refractivity contribution in [2.24, 2.45) is 4.99 Å². The third-order valence-electron chi connectivity index (χ3n) is 1.02. The Kier molecular flexibility index (Phi) is 3.85. The fraction of sp³-hybridized carbons (Fsp3) is 0.571. The first-order valence-corrected chi connectivity index (χ1v) is 3.25. The molecule has 0 aromatic heterocycles. The standard InChI is InChI=1S/C7H10F3N/c1-3-4-5-11-6(2)7(8,9)10/h4-5H,3H2,1-2H3/b5-4-,11-6+. The van der Waals surface area contributed by atoms with E-state index in [1.807, 2.05) is 6.92 Å². The van der Waals surface area contributed by atoms with E-state index >= 15 is 0 Å². The van der Waals surface area contributed by atoms with E-state index in [0.29, 0.717) is 6.42 Å². The van der Waals surface area contributed by atoms with Gasteiger partial charge in [0.05, 0.1) is 0 Å². The molecule has 0 bridgehead atoms. The molecule has 0 amide bonds. The minimum Gasteiger partial charge on any atom is -0.257 e. The van der Waals surface area contributed by atoms with E-state index < -0.39 is 11.9 Å². The number of hydrogen-bond donors (Lipinski definition) is 0. The van der Waals surface area contributed by atoms with E-state index in [1.54, 1.807) is 6.08 Å². The van der Waals surface area contributed by atoms with Crippen molar-refractivity contribution in [1.29, 1.82) is 0 Å². The van der Waals surface area contributed by atoms with E-state index in [-0.39, 0.29) is 0 Å². The molecule has 0 saturated heterocycles. The highest BCUT2D eigenvalue weighted by atomic mass is 19.4. The van der Waals surface area contributed by atoms with Gasteiger partial charge in [-0.05, 0) is 13.3 Å². The smallest absolute Gasteiger partial charge is 0.257 e. The highest BCUT2D eigenvalue weighted by Gasteiger charge is 2.31. The van der Waals surface area contributed by atoms with Crippen molar-refractivity contribution in [2.45, 2.75) is 26.4 Å². The van der Waals surface area contributed by atoms with E-state index in [0.717, 1.165) is 6.92 Å². The van der Waals surface area contributed by atoms with Gasteiger partial charge in [0.15, 0.2) is 0 Å². The average molecular weight is 165 g/mol. The predicted octanol–water partition coefficient (Wildman–Crippen LogP) is 2.93. The summed E-state index contributed by atoms with van der Waals surface area (Å²) in [5, 5.41) is 0. The normalized spacial score (nSPS) is 14.5. The minimum absolute atomic E-state index is 0.689. The maximum Gasteiger partial charge on any atom is 0.429 e. The third kappa shape index (κ3) is 4.58. The lowest BCUT2D eigenvalue weighted by molar-refractivity contribution is -0.0591. The van der Waals surface area contributed by atoms with Crippen LogP contribution in [0.5, 0.6) is 0 Å². The van der Waals surface area contributed by atoms with Crippen LogP contribution in [0.25, 0.3) is 0 Å². The van der Waals surface area contributed by atoms with Gasteiger partial charge in [0.1, 0.15) is 5.71 Å². The Balaban J connectivity index is 4.12. The van der Waals surface area contributed by atoms with Crippen LogP contribution in [-0.2, 0) is 0 Å². The molecule has 64 valence electrons.